The van der Waals surface area contributed by atoms with Crippen LogP contribution in [-0.4, -0.2) is 41.2 Å². The number of halogens is 1. The van der Waals surface area contributed by atoms with Gasteiger partial charge in [-0.1, -0.05) is 12.1 Å². The van der Waals surface area contributed by atoms with Gasteiger partial charge in [-0.05, 0) is 42.0 Å². The van der Waals surface area contributed by atoms with Gasteiger partial charge in [-0.15, -0.1) is 0 Å². The number of aromatic nitrogens is 2. The van der Waals surface area contributed by atoms with Crippen molar-refractivity contribution in [3.63, 3.8) is 0 Å². The molecule has 1 N–H and O–H groups in total. The summed E-state index contributed by atoms with van der Waals surface area (Å²) in [5.41, 5.74) is 2.87. The van der Waals surface area contributed by atoms with Gasteiger partial charge in [0, 0.05) is 24.9 Å². The van der Waals surface area contributed by atoms with Crippen LogP contribution in [0.5, 0.6) is 0 Å². The number of hydrogen-bond donors (Lipinski definition) is 1. The van der Waals surface area contributed by atoms with Crippen LogP contribution in [0.25, 0.3) is 11.3 Å². The van der Waals surface area contributed by atoms with E-state index in [1.165, 1.54) is 17.9 Å². The summed E-state index contributed by atoms with van der Waals surface area (Å²) in [6.45, 7) is 2.58. The summed E-state index contributed by atoms with van der Waals surface area (Å²) in [7, 11) is 0. The maximum atomic E-state index is 14.9. The number of cyclic esters (lactones) is 1. The summed E-state index contributed by atoms with van der Waals surface area (Å²) in [5.74, 6) is -0.713. The molecule has 1 saturated heterocycles. The molecule has 3 aromatic rings. The van der Waals surface area contributed by atoms with E-state index in [0.717, 1.165) is 11.3 Å². The van der Waals surface area contributed by atoms with Crippen molar-refractivity contribution < 1.29 is 23.5 Å². The molecule has 1 aliphatic rings. The van der Waals surface area contributed by atoms with Gasteiger partial charge in [-0.3, -0.25) is 19.7 Å². The molecule has 9 heteroatoms. The Labute approximate surface area is 190 Å². The standard InChI is InChI=1S/C24H23FN4O4/c1-16(30)27-12-20-13-29(24(31)33-20)19-6-7-21(22(25)10-19)23-8-5-17(11-28-23)14-32-15-18-4-2-3-9-26-18/h2-11,20H,12-15H2,1H3,(H,27,30). The summed E-state index contributed by atoms with van der Waals surface area (Å²) in [6.07, 6.45) is 2.29. The van der Waals surface area contributed by atoms with Gasteiger partial charge in [0.15, 0.2) is 0 Å². The average Bonchev–Trinajstić information content (AvgIpc) is 3.19. The molecule has 0 saturated carbocycles. The second kappa shape index (κ2) is 10.2. The van der Waals surface area contributed by atoms with E-state index in [2.05, 4.69) is 15.3 Å². The molecule has 0 spiro atoms. The maximum absolute atomic E-state index is 14.9. The van der Waals surface area contributed by atoms with Gasteiger partial charge in [0.1, 0.15) is 11.9 Å². The van der Waals surface area contributed by atoms with E-state index in [-0.39, 0.29) is 19.0 Å². The minimum absolute atomic E-state index is 0.208. The lowest BCUT2D eigenvalue weighted by atomic mass is 10.1. The molecule has 1 unspecified atom stereocenters. The number of carbonyl (C=O) groups is 2. The average molecular weight is 450 g/mol. The zero-order chi connectivity index (χ0) is 23.2. The number of carbonyl (C=O) groups excluding carboxylic acids is 2. The van der Waals surface area contributed by atoms with Crippen molar-refractivity contribution >= 4 is 17.7 Å². The molecular weight excluding hydrogens is 427 g/mol. The number of amides is 2. The van der Waals surface area contributed by atoms with E-state index in [9.17, 15) is 14.0 Å². The van der Waals surface area contributed by atoms with Crippen molar-refractivity contribution in [3.8, 4) is 11.3 Å². The largest absolute Gasteiger partial charge is 0.442 e. The molecule has 1 atom stereocenters. The fourth-order valence-corrected chi connectivity index (χ4v) is 3.40. The van der Waals surface area contributed by atoms with E-state index in [0.29, 0.717) is 30.2 Å². The quantitative estimate of drug-likeness (QED) is 0.565. The molecule has 0 bridgehead atoms. The number of rotatable bonds is 8. The van der Waals surface area contributed by atoms with Gasteiger partial charge < -0.3 is 14.8 Å². The summed E-state index contributed by atoms with van der Waals surface area (Å²) in [5, 5.41) is 2.61. The lowest BCUT2D eigenvalue weighted by Gasteiger charge is -2.14. The highest BCUT2D eigenvalue weighted by Crippen LogP contribution is 2.28. The van der Waals surface area contributed by atoms with Crippen molar-refractivity contribution in [2.75, 3.05) is 18.0 Å². The smallest absolute Gasteiger partial charge is 0.414 e. The normalized spacial score (nSPS) is 15.4. The van der Waals surface area contributed by atoms with Gasteiger partial charge in [0.25, 0.3) is 0 Å². The Hall–Kier alpha value is -3.85. The Balaban J connectivity index is 1.37. The Morgan fingerprint density at radius 1 is 1.21 bits per heavy atom. The number of ether oxygens (including phenoxy) is 2. The van der Waals surface area contributed by atoms with Crippen LogP contribution in [0.4, 0.5) is 14.9 Å². The van der Waals surface area contributed by atoms with Gasteiger partial charge in [0.2, 0.25) is 5.91 Å². The summed E-state index contributed by atoms with van der Waals surface area (Å²) in [4.78, 5) is 33.1. The summed E-state index contributed by atoms with van der Waals surface area (Å²) < 4.78 is 25.7. The highest BCUT2D eigenvalue weighted by atomic mass is 19.1. The van der Waals surface area contributed by atoms with Crippen molar-refractivity contribution in [3.05, 3.63) is 78.0 Å². The minimum Gasteiger partial charge on any atom is -0.442 e. The second-order valence-corrected chi connectivity index (χ2v) is 7.58. The van der Waals surface area contributed by atoms with E-state index < -0.39 is 18.0 Å². The zero-order valence-electron chi connectivity index (χ0n) is 18.0. The fourth-order valence-electron chi connectivity index (χ4n) is 3.40. The molecule has 0 aliphatic carbocycles. The van der Waals surface area contributed by atoms with Crippen LogP contribution in [0.3, 0.4) is 0 Å². The third kappa shape index (κ3) is 5.69. The lowest BCUT2D eigenvalue weighted by molar-refractivity contribution is -0.119. The minimum atomic E-state index is -0.578. The van der Waals surface area contributed by atoms with Crippen LogP contribution in [0.15, 0.2) is 60.9 Å². The van der Waals surface area contributed by atoms with Crippen LogP contribution < -0.4 is 10.2 Å². The van der Waals surface area contributed by atoms with Crippen LogP contribution in [-0.2, 0) is 27.5 Å². The van der Waals surface area contributed by atoms with E-state index in [4.69, 9.17) is 9.47 Å². The molecule has 3 heterocycles. The van der Waals surface area contributed by atoms with Gasteiger partial charge in [-0.2, -0.15) is 0 Å². The lowest BCUT2D eigenvalue weighted by Crippen LogP contribution is -2.33. The molecule has 0 radical (unpaired) electrons. The first-order valence-electron chi connectivity index (χ1n) is 10.4. The first kappa shape index (κ1) is 22.3. The Kier molecular flexibility index (Phi) is 6.89. The Morgan fingerprint density at radius 3 is 2.79 bits per heavy atom. The highest BCUT2D eigenvalue weighted by molar-refractivity contribution is 5.90. The predicted molar refractivity (Wildman–Crippen MR) is 119 cm³/mol. The molecule has 1 aromatic carbocycles. The summed E-state index contributed by atoms with van der Waals surface area (Å²) in [6, 6.07) is 13.7. The van der Waals surface area contributed by atoms with E-state index >= 15 is 0 Å². The number of anilines is 1. The van der Waals surface area contributed by atoms with Crippen molar-refractivity contribution in [2.45, 2.75) is 26.2 Å². The van der Waals surface area contributed by atoms with E-state index in [1.807, 2.05) is 24.3 Å². The number of pyridine rings is 2. The van der Waals surface area contributed by atoms with Gasteiger partial charge in [0.05, 0.1) is 43.4 Å². The monoisotopic (exact) mass is 450 g/mol. The molecule has 170 valence electrons. The molecule has 8 nitrogen and oxygen atoms in total. The van der Waals surface area contributed by atoms with Crippen LogP contribution >= 0.6 is 0 Å². The third-order valence-electron chi connectivity index (χ3n) is 5.06. The fraction of sp³-hybridized carbons (Fsp3) is 0.250. The SMILES string of the molecule is CC(=O)NCC1CN(c2ccc(-c3ccc(COCc4ccccn4)cn3)c(F)c2)C(=O)O1. The molecule has 4 rings (SSSR count). The maximum Gasteiger partial charge on any atom is 0.414 e. The Morgan fingerprint density at radius 2 is 2.09 bits per heavy atom. The predicted octanol–water partition coefficient (Wildman–Crippen LogP) is 3.46. The van der Waals surface area contributed by atoms with Crippen LogP contribution in [0.1, 0.15) is 18.2 Å². The van der Waals surface area contributed by atoms with Crippen molar-refractivity contribution in [2.24, 2.45) is 0 Å². The first-order valence-corrected chi connectivity index (χ1v) is 10.4. The van der Waals surface area contributed by atoms with Crippen molar-refractivity contribution in [1.29, 1.82) is 0 Å². The molecular formula is C24H23FN4O4. The van der Waals surface area contributed by atoms with Gasteiger partial charge >= 0.3 is 6.09 Å². The zero-order valence-corrected chi connectivity index (χ0v) is 18.0. The van der Waals surface area contributed by atoms with E-state index in [1.54, 1.807) is 30.6 Å². The van der Waals surface area contributed by atoms with Crippen molar-refractivity contribution in [1.82, 2.24) is 15.3 Å². The number of nitrogens with one attached hydrogen (secondary N) is 1. The first-order chi connectivity index (χ1) is 16.0. The number of nitrogens with zero attached hydrogens (tertiary/aromatic N) is 3. The molecule has 2 amide bonds. The number of benzene rings is 1. The molecule has 1 fully saturated rings. The second-order valence-electron chi connectivity index (χ2n) is 7.58. The topological polar surface area (TPSA) is 93.7 Å². The van der Waals surface area contributed by atoms with Crippen LogP contribution in [0.2, 0.25) is 0 Å². The Bertz CT molecular complexity index is 1130. The molecule has 1 aliphatic heterocycles. The molecule has 33 heavy (non-hydrogen) atoms. The van der Waals surface area contributed by atoms with Crippen LogP contribution in [0, 0.1) is 5.82 Å². The third-order valence-corrected chi connectivity index (χ3v) is 5.06. The number of hydrogen-bond acceptors (Lipinski definition) is 6. The summed E-state index contributed by atoms with van der Waals surface area (Å²) >= 11 is 0. The van der Waals surface area contributed by atoms with Gasteiger partial charge in [-0.25, -0.2) is 9.18 Å². The molecule has 2 aromatic heterocycles. The highest BCUT2D eigenvalue weighted by Gasteiger charge is 2.32.